The van der Waals surface area contributed by atoms with Crippen LogP contribution in [-0.2, 0) is 9.53 Å². The van der Waals surface area contributed by atoms with Crippen molar-refractivity contribution in [1.29, 1.82) is 0 Å². The van der Waals surface area contributed by atoms with Crippen molar-refractivity contribution in [3.63, 3.8) is 0 Å². The third-order valence-electron chi connectivity index (χ3n) is 2.31. The minimum Gasteiger partial charge on any atom is -0.466 e. The first kappa shape index (κ1) is 9.02. The number of nitrogens with zero attached hydrogens (tertiary/aromatic N) is 1. The quantitative estimate of drug-likeness (QED) is 0.621. The lowest BCUT2D eigenvalue weighted by Crippen LogP contribution is -2.33. The number of ether oxygens (including phenoxy) is 1. The molecular weight excluding hydrogens is 180 g/mol. The second-order valence-electron chi connectivity index (χ2n) is 3.21. The number of fused-ring (bicyclic) bond motifs is 1. The van der Waals surface area contributed by atoms with Crippen LogP contribution in [0.25, 0.3) is 0 Å². The van der Waals surface area contributed by atoms with Gasteiger partial charge in [-0.25, -0.2) is 10.2 Å². The van der Waals surface area contributed by atoms with Crippen molar-refractivity contribution in [1.82, 2.24) is 10.4 Å². The fourth-order valence-corrected chi connectivity index (χ4v) is 1.66. The van der Waals surface area contributed by atoms with Crippen molar-refractivity contribution in [2.75, 3.05) is 7.11 Å². The largest absolute Gasteiger partial charge is 0.466 e. The minimum atomic E-state index is -0.276. The number of hydrazine groups is 1. The lowest BCUT2D eigenvalue weighted by molar-refractivity contribution is -0.136. The number of methoxy groups -OCH3 is 1. The Bertz CT molecular complexity index is 355. The Labute approximate surface area is 82.5 Å². The second-order valence-corrected chi connectivity index (χ2v) is 3.21. The van der Waals surface area contributed by atoms with Gasteiger partial charge in [-0.1, -0.05) is 6.08 Å². The number of allylic oxidation sites excluding steroid dienone is 3. The van der Waals surface area contributed by atoms with Gasteiger partial charge in [0.1, 0.15) is 0 Å². The monoisotopic (exact) mass is 192 g/mol. The average Bonchev–Trinajstić information content (AvgIpc) is 2.53. The van der Waals surface area contributed by atoms with Crippen LogP contribution in [0.1, 0.15) is 6.92 Å². The van der Waals surface area contributed by atoms with Crippen molar-refractivity contribution in [3.05, 3.63) is 35.7 Å². The molecule has 4 heteroatoms. The van der Waals surface area contributed by atoms with E-state index in [2.05, 4.69) is 5.43 Å². The number of rotatable bonds is 1. The van der Waals surface area contributed by atoms with E-state index in [0.29, 0.717) is 5.57 Å². The maximum absolute atomic E-state index is 11.5. The van der Waals surface area contributed by atoms with Crippen LogP contribution in [-0.4, -0.2) is 24.1 Å². The molecule has 0 aromatic carbocycles. The molecular formula is C10H12N2O2. The fraction of sp³-hybridized carbons (Fsp3) is 0.300. The van der Waals surface area contributed by atoms with Gasteiger partial charge in [0.2, 0.25) is 0 Å². The molecule has 0 spiro atoms. The molecule has 0 fully saturated rings. The zero-order valence-electron chi connectivity index (χ0n) is 8.15. The van der Waals surface area contributed by atoms with E-state index >= 15 is 0 Å². The Hall–Kier alpha value is -1.55. The van der Waals surface area contributed by atoms with E-state index < -0.39 is 0 Å². The molecule has 74 valence electrons. The van der Waals surface area contributed by atoms with E-state index in [1.165, 1.54) is 7.11 Å². The number of carbonyl (C=O) groups is 1. The first-order valence-corrected chi connectivity index (χ1v) is 4.47. The molecule has 4 nitrogen and oxygen atoms in total. The summed E-state index contributed by atoms with van der Waals surface area (Å²) in [4.78, 5) is 11.5. The summed E-state index contributed by atoms with van der Waals surface area (Å²) in [5, 5.41) is 1.83. The van der Waals surface area contributed by atoms with E-state index in [-0.39, 0.29) is 12.0 Å². The molecule has 2 aliphatic heterocycles. The first-order chi connectivity index (χ1) is 6.74. The van der Waals surface area contributed by atoms with Gasteiger partial charge >= 0.3 is 5.97 Å². The summed E-state index contributed by atoms with van der Waals surface area (Å²) in [6.07, 6.45) is 7.57. The highest BCUT2D eigenvalue weighted by atomic mass is 16.5. The average molecular weight is 192 g/mol. The van der Waals surface area contributed by atoms with Gasteiger partial charge in [0.05, 0.1) is 24.4 Å². The van der Waals surface area contributed by atoms with E-state index in [0.717, 1.165) is 5.70 Å². The summed E-state index contributed by atoms with van der Waals surface area (Å²) in [6.45, 7) is 1.93. The fourth-order valence-electron chi connectivity index (χ4n) is 1.66. The molecule has 1 unspecified atom stereocenters. The summed E-state index contributed by atoms with van der Waals surface area (Å²) in [5.74, 6) is -0.276. The van der Waals surface area contributed by atoms with Crippen LogP contribution in [0.4, 0.5) is 0 Å². The van der Waals surface area contributed by atoms with Gasteiger partial charge in [-0.3, -0.25) is 5.01 Å². The Morgan fingerprint density at radius 2 is 2.36 bits per heavy atom. The van der Waals surface area contributed by atoms with E-state index in [1.54, 1.807) is 0 Å². The summed E-state index contributed by atoms with van der Waals surface area (Å²) < 4.78 is 4.73. The smallest absolute Gasteiger partial charge is 0.337 e. The van der Waals surface area contributed by atoms with Crippen LogP contribution in [0.15, 0.2) is 35.7 Å². The molecule has 0 radical (unpaired) electrons. The van der Waals surface area contributed by atoms with Crippen LogP contribution in [0, 0.1) is 0 Å². The Morgan fingerprint density at radius 1 is 1.57 bits per heavy atom. The van der Waals surface area contributed by atoms with Crippen LogP contribution in [0.3, 0.4) is 0 Å². The number of hydrogen-bond acceptors (Lipinski definition) is 4. The Balaban J connectivity index is 2.40. The van der Waals surface area contributed by atoms with Crippen molar-refractivity contribution in [2.24, 2.45) is 0 Å². The third-order valence-corrected chi connectivity index (χ3v) is 2.31. The van der Waals surface area contributed by atoms with Crippen LogP contribution < -0.4 is 5.43 Å². The molecule has 0 bridgehead atoms. The molecule has 0 aromatic heterocycles. The molecule has 14 heavy (non-hydrogen) atoms. The Kier molecular flexibility index (Phi) is 2.13. The van der Waals surface area contributed by atoms with E-state index in [4.69, 9.17) is 4.74 Å². The predicted octanol–water partition coefficient (Wildman–Crippen LogP) is 0.706. The van der Waals surface area contributed by atoms with Gasteiger partial charge in [-0.05, 0) is 19.1 Å². The maximum Gasteiger partial charge on any atom is 0.337 e. The third kappa shape index (κ3) is 1.24. The number of carbonyl (C=O) groups excluding carboxylic acids is 1. The van der Waals surface area contributed by atoms with Gasteiger partial charge in [0.15, 0.2) is 0 Å². The number of nitrogens with one attached hydrogen (secondary N) is 1. The maximum atomic E-state index is 11.5. The molecule has 2 rings (SSSR count). The second kappa shape index (κ2) is 3.31. The predicted molar refractivity (Wildman–Crippen MR) is 51.8 cm³/mol. The van der Waals surface area contributed by atoms with Gasteiger partial charge in [0, 0.05) is 6.20 Å². The van der Waals surface area contributed by atoms with Crippen molar-refractivity contribution >= 4 is 5.97 Å². The lowest BCUT2D eigenvalue weighted by Gasteiger charge is -2.17. The highest BCUT2D eigenvalue weighted by Gasteiger charge is 2.31. The van der Waals surface area contributed by atoms with Crippen LogP contribution in [0.2, 0.25) is 0 Å². The molecule has 1 atom stereocenters. The normalized spacial score (nSPS) is 24.1. The van der Waals surface area contributed by atoms with Gasteiger partial charge < -0.3 is 4.74 Å². The minimum absolute atomic E-state index is 0.00940. The van der Waals surface area contributed by atoms with E-state index in [1.807, 2.05) is 36.4 Å². The van der Waals surface area contributed by atoms with Crippen LogP contribution >= 0.6 is 0 Å². The summed E-state index contributed by atoms with van der Waals surface area (Å²) in [6, 6.07) is -0.00940. The summed E-state index contributed by atoms with van der Waals surface area (Å²) >= 11 is 0. The lowest BCUT2D eigenvalue weighted by atomic mass is 10.1. The first-order valence-electron chi connectivity index (χ1n) is 4.47. The molecule has 2 aliphatic rings. The molecule has 1 N–H and O–H groups in total. The zero-order chi connectivity index (χ0) is 10.1. The molecule has 0 saturated heterocycles. The number of esters is 1. The molecule has 2 heterocycles. The van der Waals surface area contributed by atoms with Crippen molar-refractivity contribution in [2.45, 2.75) is 13.0 Å². The SMILES string of the molecule is COC(=O)C1=C2C=CC=CN2NC1C. The topological polar surface area (TPSA) is 41.6 Å². The molecule has 0 aliphatic carbocycles. The van der Waals surface area contributed by atoms with Gasteiger partial charge in [0.25, 0.3) is 0 Å². The van der Waals surface area contributed by atoms with E-state index in [9.17, 15) is 4.79 Å². The molecule has 0 saturated carbocycles. The standard InChI is InChI=1S/C10H12N2O2/c1-7-9(10(13)14-2)8-5-3-4-6-12(8)11-7/h3-7,11H,1-2H3. The highest BCUT2D eigenvalue weighted by molar-refractivity contribution is 5.91. The highest BCUT2D eigenvalue weighted by Crippen LogP contribution is 2.24. The van der Waals surface area contributed by atoms with Crippen molar-refractivity contribution < 1.29 is 9.53 Å². The Morgan fingerprint density at radius 3 is 3.07 bits per heavy atom. The molecule has 0 aromatic rings. The van der Waals surface area contributed by atoms with Crippen LogP contribution in [0.5, 0.6) is 0 Å². The van der Waals surface area contributed by atoms with Gasteiger partial charge in [-0.15, -0.1) is 0 Å². The summed E-state index contributed by atoms with van der Waals surface area (Å²) in [5.41, 5.74) is 4.68. The van der Waals surface area contributed by atoms with Crippen molar-refractivity contribution in [3.8, 4) is 0 Å². The number of hydrogen-bond donors (Lipinski definition) is 1. The summed E-state index contributed by atoms with van der Waals surface area (Å²) in [7, 11) is 1.40. The van der Waals surface area contributed by atoms with Gasteiger partial charge in [-0.2, -0.15) is 0 Å². The molecule has 0 amide bonds. The zero-order valence-corrected chi connectivity index (χ0v) is 8.15.